The van der Waals surface area contributed by atoms with Crippen LogP contribution in [0.4, 0.5) is 0 Å². The topological polar surface area (TPSA) is 96.8 Å². The van der Waals surface area contributed by atoms with Crippen molar-refractivity contribution in [3.63, 3.8) is 0 Å². The SMILES string of the molecule is COc1cc(/C=[NH+]\N=C(N)N)ccc1OCc1cccs1. The van der Waals surface area contributed by atoms with Crippen LogP contribution in [0, 0.1) is 0 Å². The van der Waals surface area contributed by atoms with E-state index in [-0.39, 0.29) is 5.96 Å². The largest absolute Gasteiger partial charge is 0.493 e. The summed E-state index contributed by atoms with van der Waals surface area (Å²) in [5.74, 6) is 1.30. The molecule has 0 unspecified atom stereocenters. The predicted molar refractivity (Wildman–Crippen MR) is 83.6 cm³/mol. The second kappa shape index (κ2) is 7.30. The van der Waals surface area contributed by atoms with Crippen molar-refractivity contribution in [3.8, 4) is 11.5 Å². The molecule has 0 radical (unpaired) electrons. The van der Waals surface area contributed by atoms with Gasteiger partial charge in [-0.1, -0.05) is 6.07 Å². The molecular weight excluding hydrogens is 288 g/mol. The maximum absolute atomic E-state index is 5.75. The summed E-state index contributed by atoms with van der Waals surface area (Å²) in [6.45, 7) is 0.517. The summed E-state index contributed by atoms with van der Waals surface area (Å²) in [5.41, 5.74) is 11.3. The number of benzene rings is 1. The number of thiophene rings is 1. The maximum Gasteiger partial charge on any atom is 0.256 e. The number of hydrogen-bond acceptors (Lipinski definition) is 4. The van der Waals surface area contributed by atoms with E-state index in [9.17, 15) is 0 Å². The Morgan fingerprint density at radius 3 is 2.86 bits per heavy atom. The maximum atomic E-state index is 5.75. The van der Waals surface area contributed by atoms with Crippen molar-refractivity contribution in [2.75, 3.05) is 7.11 Å². The van der Waals surface area contributed by atoms with Gasteiger partial charge >= 0.3 is 0 Å². The number of nitrogens with zero attached hydrogens (tertiary/aromatic N) is 1. The normalized spacial score (nSPS) is 10.5. The van der Waals surface area contributed by atoms with Crippen LogP contribution in [0.3, 0.4) is 0 Å². The van der Waals surface area contributed by atoms with Gasteiger partial charge in [0, 0.05) is 15.5 Å². The molecule has 21 heavy (non-hydrogen) atoms. The van der Waals surface area contributed by atoms with E-state index < -0.39 is 0 Å². The summed E-state index contributed by atoms with van der Waals surface area (Å²) in [5, 5.41) is 8.33. The first-order chi connectivity index (χ1) is 10.2. The number of rotatable bonds is 6. The van der Waals surface area contributed by atoms with E-state index in [1.807, 2.05) is 35.7 Å². The molecule has 5 N–H and O–H groups in total. The summed E-state index contributed by atoms with van der Waals surface area (Å²) >= 11 is 1.65. The van der Waals surface area contributed by atoms with E-state index in [1.165, 1.54) is 0 Å². The molecule has 6 nitrogen and oxygen atoms in total. The zero-order chi connectivity index (χ0) is 15.1. The van der Waals surface area contributed by atoms with Crippen LogP contribution in [-0.4, -0.2) is 19.3 Å². The highest BCUT2D eigenvalue weighted by atomic mass is 32.1. The number of ether oxygens (including phenoxy) is 2. The number of hydrogen-bond donors (Lipinski definition) is 3. The molecule has 1 aromatic heterocycles. The molecular formula is C14H17N4O2S+. The molecule has 0 amide bonds. The lowest BCUT2D eigenvalue weighted by Crippen LogP contribution is -2.63. The van der Waals surface area contributed by atoms with Crippen LogP contribution in [0.5, 0.6) is 11.5 Å². The van der Waals surface area contributed by atoms with Gasteiger partial charge in [-0.2, -0.15) is 0 Å². The van der Waals surface area contributed by atoms with Gasteiger partial charge in [0.15, 0.2) is 11.5 Å². The Balaban J connectivity index is 2.08. The highest BCUT2D eigenvalue weighted by Gasteiger charge is 2.07. The van der Waals surface area contributed by atoms with Crippen LogP contribution < -0.4 is 26.0 Å². The monoisotopic (exact) mass is 305 g/mol. The van der Waals surface area contributed by atoms with Crippen molar-refractivity contribution in [2.45, 2.75) is 6.61 Å². The van der Waals surface area contributed by atoms with Crippen molar-refractivity contribution in [1.29, 1.82) is 0 Å². The lowest BCUT2D eigenvalue weighted by atomic mass is 10.2. The first-order valence-electron chi connectivity index (χ1n) is 6.19. The fraction of sp³-hybridized carbons (Fsp3) is 0.143. The Morgan fingerprint density at radius 2 is 2.19 bits per heavy atom. The molecule has 2 rings (SSSR count). The molecule has 0 saturated heterocycles. The van der Waals surface area contributed by atoms with Gasteiger partial charge in [-0.05, 0) is 29.6 Å². The van der Waals surface area contributed by atoms with E-state index in [2.05, 4.69) is 10.2 Å². The third-order valence-corrected chi connectivity index (χ3v) is 3.41. The van der Waals surface area contributed by atoms with Gasteiger partial charge in [-0.15, -0.1) is 16.4 Å². The average Bonchev–Trinajstić information content (AvgIpc) is 2.98. The molecule has 0 bridgehead atoms. The Labute approximate surface area is 126 Å². The quantitative estimate of drug-likeness (QED) is 0.398. The number of hydrazone groups is 1. The van der Waals surface area contributed by atoms with Gasteiger partial charge < -0.3 is 20.9 Å². The highest BCUT2D eigenvalue weighted by Crippen LogP contribution is 2.28. The summed E-state index contributed by atoms with van der Waals surface area (Å²) in [7, 11) is 1.60. The summed E-state index contributed by atoms with van der Waals surface area (Å²) in [6.07, 6.45) is 1.66. The van der Waals surface area contributed by atoms with Gasteiger partial charge in [0.2, 0.25) is 6.21 Å². The van der Waals surface area contributed by atoms with Crippen LogP contribution in [-0.2, 0) is 6.61 Å². The van der Waals surface area contributed by atoms with Crippen molar-refractivity contribution >= 4 is 23.5 Å². The Kier molecular flexibility index (Phi) is 5.16. The first-order valence-corrected chi connectivity index (χ1v) is 7.07. The number of methoxy groups -OCH3 is 1. The van der Waals surface area contributed by atoms with Crippen LogP contribution >= 0.6 is 11.3 Å². The molecule has 0 fully saturated rings. The van der Waals surface area contributed by atoms with E-state index in [4.69, 9.17) is 20.9 Å². The molecule has 0 saturated carbocycles. The zero-order valence-electron chi connectivity index (χ0n) is 11.6. The van der Waals surface area contributed by atoms with Crippen molar-refractivity contribution in [3.05, 3.63) is 46.2 Å². The van der Waals surface area contributed by atoms with Crippen molar-refractivity contribution in [1.82, 2.24) is 0 Å². The molecule has 7 heteroatoms. The number of nitrogens with one attached hydrogen (secondary N) is 1. The van der Waals surface area contributed by atoms with Crippen LogP contribution in [0.1, 0.15) is 10.4 Å². The Hall–Kier alpha value is -2.54. The van der Waals surface area contributed by atoms with Crippen LogP contribution in [0.25, 0.3) is 0 Å². The summed E-state index contributed by atoms with van der Waals surface area (Å²) in [6, 6.07) is 9.57. The first kappa shape index (κ1) is 14.9. The summed E-state index contributed by atoms with van der Waals surface area (Å²) < 4.78 is 11.1. The second-order valence-corrected chi connectivity index (χ2v) is 5.12. The van der Waals surface area contributed by atoms with Crippen LogP contribution in [0.15, 0.2) is 40.8 Å². The molecule has 1 aromatic carbocycles. The average molecular weight is 305 g/mol. The minimum absolute atomic E-state index is 0.0332. The molecule has 0 spiro atoms. The molecule has 0 atom stereocenters. The Bertz CT molecular complexity index is 634. The third kappa shape index (κ3) is 4.50. The lowest BCUT2D eigenvalue weighted by molar-refractivity contribution is -0.456. The third-order valence-electron chi connectivity index (χ3n) is 2.56. The predicted octanol–water partition coefficient (Wildman–Crippen LogP) is 0.0236. The summed E-state index contributed by atoms with van der Waals surface area (Å²) in [4.78, 5) is 1.15. The van der Waals surface area contributed by atoms with Gasteiger partial charge in [0.25, 0.3) is 5.96 Å². The minimum atomic E-state index is -0.0332. The van der Waals surface area contributed by atoms with E-state index >= 15 is 0 Å². The molecule has 0 aliphatic heterocycles. The standard InChI is InChI=1S/C14H16N4O2S/c1-19-13-7-10(8-17-18-14(15)16)4-5-12(13)20-9-11-3-2-6-21-11/h2-8H,9H2,1H3,(H4,15,16,18)/p+1/b17-8-. The highest BCUT2D eigenvalue weighted by molar-refractivity contribution is 7.09. The van der Waals surface area contributed by atoms with Gasteiger partial charge in [-0.25, -0.2) is 0 Å². The fourth-order valence-electron chi connectivity index (χ4n) is 1.62. The molecule has 0 aliphatic rings. The number of guanidine groups is 1. The molecule has 2 aromatic rings. The Morgan fingerprint density at radius 1 is 1.33 bits per heavy atom. The lowest BCUT2D eigenvalue weighted by Gasteiger charge is -2.09. The number of nitrogens with two attached hydrogens (primary N) is 2. The van der Waals surface area contributed by atoms with Gasteiger partial charge in [-0.3, -0.25) is 0 Å². The smallest absolute Gasteiger partial charge is 0.256 e. The minimum Gasteiger partial charge on any atom is -0.493 e. The second-order valence-electron chi connectivity index (χ2n) is 4.09. The molecule has 110 valence electrons. The van der Waals surface area contributed by atoms with E-state index in [0.717, 1.165) is 10.4 Å². The van der Waals surface area contributed by atoms with Gasteiger partial charge in [0.05, 0.1) is 7.11 Å². The molecule has 0 aliphatic carbocycles. The van der Waals surface area contributed by atoms with Crippen molar-refractivity contribution in [2.24, 2.45) is 16.6 Å². The van der Waals surface area contributed by atoms with E-state index in [1.54, 1.807) is 24.7 Å². The fourth-order valence-corrected chi connectivity index (χ4v) is 2.23. The van der Waals surface area contributed by atoms with Crippen LogP contribution in [0.2, 0.25) is 0 Å². The molecule has 1 heterocycles. The van der Waals surface area contributed by atoms with Gasteiger partial charge in [0.1, 0.15) is 6.61 Å². The zero-order valence-corrected chi connectivity index (χ0v) is 12.4. The van der Waals surface area contributed by atoms with E-state index in [0.29, 0.717) is 18.1 Å². The van der Waals surface area contributed by atoms with Crippen molar-refractivity contribution < 1.29 is 14.6 Å².